The third-order valence-electron chi connectivity index (χ3n) is 3.48. The summed E-state index contributed by atoms with van der Waals surface area (Å²) in [5, 5.41) is 15.1. The lowest BCUT2D eigenvalue weighted by molar-refractivity contribution is 0.363. The van der Waals surface area contributed by atoms with Gasteiger partial charge in [0.05, 0.1) is 5.52 Å². The minimum absolute atomic E-state index is 0.0649. The Morgan fingerprint density at radius 1 is 1.11 bits per heavy atom. The number of piperidine rings is 1. The second-order valence-electron chi connectivity index (χ2n) is 5.06. The Hall–Kier alpha value is -1.75. The molecule has 1 aromatic heterocycles. The number of fused-ring (bicyclic) bond motifs is 1. The van der Waals surface area contributed by atoms with E-state index >= 15 is 0 Å². The van der Waals surface area contributed by atoms with Gasteiger partial charge in [-0.25, -0.2) is 4.98 Å². The van der Waals surface area contributed by atoms with Crippen molar-refractivity contribution in [2.24, 2.45) is 0 Å². The van der Waals surface area contributed by atoms with Crippen molar-refractivity contribution in [2.75, 3.05) is 18.4 Å². The molecule has 0 aliphatic carbocycles. The fourth-order valence-corrected chi connectivity index (χ4v) is 2.31. The number of anilines is 1. The molecule has 1 aliphatic rings. The molecule has 18 heavy (non-hydrogen) atoms. The van der Waals surface area contributed by atoms with Crippen molar-refractivity contribution in [2.45, 2.75) is 25.3 Å². The number of benzene rings is 1. The van der Waals surface area contributed by atoms with Crippen LogP contribution >= 0.6 is 0 Å². The lowest BCUT2D eigenvalue weighted by Crippen LogP contribution is -2.45. The smallest absolute Gasteiger partial charge is 0.243 e. The molecule has 2 N–H and O–H groups in total. The molecule has 5 nitrogen and oxygen atoms in total. The van der Waals surface area contributed by atoms with E-state index < -0.39 is 0 Å². The SMILES string of the molecule is CC1(Nc2nnc3ccccc3n2)CCNCC1. The van der Waals surface area contributed by atoms with E-state index in [1.165, 1.54) is 0 Å². The Morgan fingerprint density at radius 3 is 2.61 bits per heavy atom. The molecule has 0 amide bonds. The van der Waals surface area contributed by atoms with Crippen LogP contribution in [0.1, 0.15) is 19.8 Å². The van der Waals surface area contributed by atoms with Crippen LogP contribution in [0.3, 0.4) is 0 Å². The maximum atomic E-state index is 4.51. The molecule has 0 atom stereocenters. The lowest BCUT2D eigenvalue weighted by atomic mass is 9.91. The molecular formula is C13H17N5. The first-order valence-corrected chi connectivity index (χ1v) is 6.34. The standard InChI is InChI=1S/C13H17N5/c1-13(6-8-14-9-7-13)16-12-15-10-4-2-3-5-11(10)17-18-12/h2-5,14H,6-9H2,1H3,(H,15,16,18). The van der Waals surface area contributed by atoms with Crippen LogP contribution < -0.4 is 10.6 Å². The largest absolute Gasteiger partial charge is 0.348 e. The summed E-state index contributed by atoms with van der Waals surface area (Å²) >= 11 is 0. The van der Waals surface area contributed by atoms with Gasteiger partial charge in [-0.2, -0.15) is 0 Å². The van der Waals surface area contributed by atoms with Gasteiger partial charge in [0, 0.05) is 5.54 Å². The summed E-state index contributed by atoms with van der Waals surface area (Å²) in [5.74, 6) is 0.623. The van der Waals surface area contributed by atoms with Gasteiger partial charge in [0.25, 0.3) is 0 Å². The van der Waals surface area contributed by atoms with Crippen LogP contribution in [0, 0.1) is 0 Å². The summed E-state index contributed by atoms with van der Waals surface area (Å²) in [6.07, 6.45) is 2.15. The number of hydrogen-bond donors (Lipinski definition) is 2. The van der Waals surface area contributed by atoms with Crippen molar-refractivity contribution in [3.8, 4) is 0 Å². The third kappa shape index (κ3) is 2.26. The van der Waals surface area contributed by atoms with Crippen molar-refractivity contribution in [1.82, 2.24) is 20.5 Å². The molecule has 1 fully saturated rings. The van der Waals surface area contributed by atoms with E-state index in [0.29, 0.717) is 5.95 Å². The van der Waals surface area contributed by atoms with Crippen LogP contribution in [0.25, 0.3) is 11.0 Å². The van der Waals surface area contributed by atoms with Crippen molar-refractivity contribution in [3.05, 3.63) is 24.3 Å². The first kappa shape index (κ1) is 11.3. The molecule has 0 bridgehead atoms. The van der Waals surface area contributed by atoms with E-state index in [4.69, 9.17) is 0 Å². The van der Waals surface area contributed by atoms with Gasteiger partial charge >= 0.3 is 0 Å². The van der Waals surface area contributed by atoms with Crippen molar-refractivity contribution < 1.29 is 0 Å². The van der Waals surface area contributed by atoms with Gasteiger partial charge in [-0.15, -0.1) is 10.2 Å². The topological polar surface area (TPSA) is 62.7 Å². The molecule has 1 saturated heterocycles. The lowest BCUT2D eigenvalue weighted by Gasteiger charge is -2.34. The van der Waals surface area contributed by atoms with Gasteiger partial charge in [0.15, 0.2) is 0 Å². The average Bonchev–Trinajstić information content (AvgIpc) is 2.39. The highest BCUT2D eigenvalue weighted by Gasteiger charge is 2.27. The van der Waals surface area contributed by atoms with Crippen LogP contribution in [-0.2, 0) is 0 Å². The first-order valence-electron chi connectivity index (χ1n) is 6.34. The Kier molecular flexibility index (Phi) is 2.83. The Morgan fingerprint density at radius 2 is 1.83 bits per heavy atom. The van der Waals surface area contributed by atoms with Crippen LogP contribution in [0.15, 0.2) is 24.3 Å². The van der Waals surface area contributed by atoms with E-state index in [1.54, 1.807) is 0 Å². The van der Waals surface area contributed by atoms with Gasteiger partial charge < -0.3 is 10.6 Å². The predicted octanol–water partition coefficient (Wildman–Crippen LogP) is 1.58. The highest BCUT2D eigenvalue weighted by Crippen LogP contribution is 2.22. The molecular weight excluding hydrogens is 226 g/mol. The minimum atomic E-state index is 0.0649. The van der Waals surface area contributed by atoms with Crippen LogP contribution in [0.4, 0.5) is 5.95 Å². The maximum absolute atomic E-state index is 4.51. The summed E-state index contributed by atoms with van der Waals surface area (Å²) in [6.45, 7) is 4.28. The number of para-hydroxylation sites is 1. The summed E-state index contributed by atoms with van der Waals surface area (Å²) in [4.78, 5) is 4.51. The highest BCUT2D eigenvalue weighted by atomic mass is 15.3. The number of hydrogen-bond acceptors (Lipinski definition) is 5. The summed E-state index contributed by atoms with van der Waals surface area (Å²) < 4.78 is 0. The zero-order chi connectivity index (χ0) is 12.4. The summed E-state index contributed by atoms with van der Waals surface area (Å²) in [6, 6.07) is 7.79. The molecule has 0 spiro atoms. The van der Waals surface area contributed by atoms with Gasteiger partial charge in [-0.1, -0.05) is 12.1 Å². The monoisotopic (exact) mass is 243 g/mol. The Labute approximate surface area is 106 Å². The number of aromatic nitrogens is 3. The van der Waals surface area contributed by atoms with Crippen molar-refractivity contribution in [1.29, 1.82) is 0 Å². The Bertz CT molecular complexity index is 548. The molecule has 0 unspecified atom stereocenters. The zero-order valence-corrected chi connectivity index (χ0v) is 10.5. The van der Waals surface area contributed by atoms with E-state index in [1.807, 2.05) is 24.3 Å². The van der Waals surface area contributed by atoms with Gasteiger partial charge in [0.2, 0.25) is 5.95 Å². The Balaban J connectivity index is 1.85. The molecule has 3 rings (SSSR count). The van der Waals surface area contributed by atoms with Gasteiger partial charge in [-0.3, -0.25) is 0 Å². The predicted molar refractivity (Wildman–Crippen MR) is 71.5 cm³/mol. The van der Waals surface area contributed by atoms with E-state index in [0.717, 1.165) is 37.0 Å². The molecule has 1 aromatic carbocycles. The van der Waals surface area contributed by atoms with Crippen LogP contribution in [0.5, 0.6) is 0 Å². The zero-order valence-electron chi connectivity index (χ0n) is 10.5. The molecule has 2 heterocycles. The number of nitrogens with zero attached hydrogens (tertiary/aromatic N) is 3. The second kappa shape index (κ2) is 4.49. The van der Waals surface area contributed by atoms with Gasteiger partial charge in [-0.05, 0) is 45.0 Å². The number of rotatable bonds is 2. The van der Waals surface area contributed by atoms with Crippen molar-refractivity contribution >= 4 is 17.0 Å². The quantitative estimate of drug-likeness (QED) is 0.838. The molecule has 2 aromatic rings. The first-order chi connectivity index (χ1) is 8.75. The second-order valence-corrected chi connectivity index (χ2v) is 5.06. The van der Waals surface area contributed by atoms with Crippen molar-refractivity contribution in [3.63, 3.8) is 0 Å². The summed E-state index contributed by atoms with van der Waals surface area (Å²) in [7, 11) is 0. The van der Waals surface area contributed by atoms with E-state index in [9.17, 15) is 0 Å². The molecule has 1 aliphatic heterocycles. The summed E-state index contributed by atoms with van der Waals surface area (Å²) in [5.41, 5.74) is 1.78. The van der Waals surface area contributed by atoms with E-state index in [2.05, 4.69) is 32.7 Å². The number of nitrogens with one attached hydrogen (secondary N) is 2. The maximum Gasteiger partial charge on any atom is 0.243 e. The molecule has 94 valence electrons. The van der Waals surface area contributed by atoms with Gasteiger partial charge in [0.1, 0.15) is 5.52 Å². The minimum Gasteiger partial charge on any atom is -0.348 e. The molecule has 0 radical (unpaired) electrons. The van der Waals surface area contributed by atoms with Crippen LogP contribution in [0.2, 0.25) is 0 Å². The highest BCUT2D eigenvalue weighted by molar-refractivity contribution is 5.74. The molecule has 5 heteroatoms. The normalized spacial score (nSPS) is 18.7. The average molecular weight is 243 g/mol. The fourth-order valence-electron chi connectivity index (χ4n) is 2.31. The van der Waals surface area contributed by atoms with E-state index in [-0.39, 0.29) is 5.54 Å². The molecule has 0 saturated carbocycles. The van der Waals surface area contributed by atoms with Crippen LogP contribution in [-0.4, -0.2) is 33.8 Å². The third-order valence-corrected chi connectivity index (χ3v) is 3.48. The fraction of sp³-hybridized carbons (Fsp3) is 0.462.